The molecule has 2 bridgehead atoms. The summed E-state index contributed by atoms with van der Waals surface area (Å²) in [5, 5.41) is 2.91. The predicted molar refractivity (Wildman–Crippen MR) is 71.3 cm³/mol. The molecule has 3 saturated carbocycles. The molecule has 0 spiro atoms. The Labute approximate surface area is 116 Å². The summed E-state index contributed by atoms with van der Waals surface area (Å²) in [7, 11) is 0. The van der Waals surface area contributed by atoms with E-state index >= 15 is 0 Å². The zero-order valence-corrected chi connectivity index (χ0v) is 11.2. The lowest BCUT2D eigenvalue weighted by Gasteiger charge is -2.10. The maximum Gasteiger partial charge on any atom is 0.228 e. The van der Waals surface area contributed by atoms with Crippen LogP contribution in [0.3, 0.4) is 0 Å². The van der Waals surface area contributed by atoms with Crippen LogP contribution >= 0.6 is 11.6 Å². The van der Waals surface area contributed by atoms with Gasteiger partial charge in [0.1, 0.15) is 5.82 Å². The lowest BCUT2D eigenvalue weighted by molar-refractivity contribution is -0.118. The molecule has 0 saturated heterocycles. The number of carbonyl (C=O) groups excluding carboxylic acids is 1. The number of anilines is 1. The molecule has 0 aromatic heterocycles. The molecular weight excluding hydrogens is 265 g/mol. The first-order valence-electron chi connectivity index (χ1n) is 6.91. The van der Waals surface area contributed by atoms with E-state index in [-0.39, 0.29) is 16.8 Å². The van der Waals surface area contributed by atoms with Gasteiger partial charge in [0.15, 0.2) is 0 Å². The Kier molecular flexibility index (Phi) is 2.44. The monoisotopic (exact) mass is 279 g/mol. The van der Waals surface area contributed by atoms with Crippen LogP contribution in [0.1, 0.15) is 19.3 Å². The van der Waals surface area contributed by atoms with E-state index in [1.807, 2.05) is 0 Å². The Bertz CT molecular complexity index is 545. The van der Waals surface area contributed by atoms with Crippen LogP contribution < -0.4 is 5.32 Å². The Morgan fingerprint density at radius 3 is 2.58 bits per heavy atom. The van der Waals surface area contributed by atoms with Gasteiger partial charge in [-0.15, -0.1) is 0 Å². The van der Waals surface area contributed by atoms with Gasteiger partial charge in [-0.25, -0.2) is 4.39 Å². The summed E-state index contributed by atoms with van der Waals surface area (Å²) in [5.41, 5.74) is 0.504. The summed E-state index contributed by atoms with van der Waals surface area (Å²) in [4.78, 5) is 12.2. The van der Waals surface area contributed by atoms with Crippen LogP contribution in [0.2, 0.25) is 5.02 Å². The van der Waals surface area contributed by atoms with E-state index in [4.69, 9.17) is 11.6 Å². The Hall–Kier alpha value is -1.09. The smallest absolute Gasteiger partial charge is 0.228 e. The Morgan fingerprint density at radius 1 is 1.26 bits per heavy atom. The number of halogens is 2. The molecular formula is C15H15ClFNO. The number of nitrogens with one attached hydrogen (secondary N) is 1. The second-order valence-electron chi connectivity index (χ2n) is 6.13. The van der Waals surface area contributed by atoms with Crippen LogP contribution in [-0.2, 0) is 4.79 Å². The van der Waals surface area contributed by atoms with Crippen molar-refractivity contribution in [3.63, 3.8) is 0 Å². The third-order valence-electron chi connectivity index (χ3n) is 5.23. The van der Waals surface area contributed by atoms with Gasteiger partial charge in [-0.2, -0.15) is 0 Å². The zero-order valence-electron chi connectivity index (χ0n) is 10.4. The SMILES string of the molecule is O=C(Nc1ccc(Cl)c(F)c1)C1[C@@H]2[C@@H]3CC[C@H](C3)[C@@H]12. The first-order chi connectivity index (χ1) is 9.15. The minimum atomic E-state index is -0.490. The molecule has 1 N–H and O–H groups in total. The number of hydrogen-bond acceptors (Lipinski definition) is 1. The minimum Gasteiger partial charge on any atom is -0.326 e. The minimum absolute atomic E-state index is 0.0633. The predicted octanol–water partition coefficient (Wildman–Crippen LogP) is 3.71. The standard InChI is InChI=1S/C15H15ClFNO/c16-10-4-3-9(6-11(10)17)18-15(19)14-12-7-1-2-8(5-7)13(12)14/h3-4,6-8,12-14H,1-2,5H2,(H,18,19)/t7-,8-,12-,13-/m1/s1. The normalized spacial score (nSPS) is 38.1. The number of benzene rings is 1. The maximum absolute atomic E-state index is 13.3. The fourth-order valence-electron chi connectivity index (χ4n) is 4.48. The molecule has 3 aliphatic rings. The number of fused-ring (bicyclic) bond motifs is 5. The number of carbonyl (C=O) groups is 1. The number of rotatable bonds is 2. The second kappa shape index (κ2) is 3.95. The van der Waals surface area contributed by atoms with Crippen molar-refractivity contribution in [3.8, 4) is 0 Å². The van der Waals surface area contributed by atoms with Crippen LogP contribution in [0.5, 0.6) is 0 Å². The Morgan fingerprint density at radius 2 is 1.95 bits per heavy atom. The molecule has 100 valence electrons. The highest BCUT2D eigenvalue weighted by molar-refractivity contribution is 6.30. The summed E-state index contributed by atoms with van der Waals surface area (Å²) in [6.45, 7) is 0. The molecule has 1 aromatic rings. The van der Waals surface area contributed by atoms with Gasteiger partial charge in [-0.1, -0.05) is 11.6 Å². The van der Waals surface area contributed by atoms with E-state index < -0.39 is 5.82 Å². The lowest BCUT2D eigenvalue weighted by Crippen LogP contribution is -2.18. The third kappa shape index (κ3) is 1.71. The van der Waals surface area contributed by atoms with Crippen molar-refractivity contribution < 1.29 is 9.18 Å². The molecule has 1 aromatic carbocycles. The molecule has 0 unspecified atom stereocenters. The van der Waals surface area contributed by atoms with E-state index in [9.17, 15) is 9.18 Å². The summed E-state index contributed by atoms with van der Waals surface area (Å²) in [5.74, 6) is 2.50. The second-order valence-corrected chi connectivity index (χ2v) is 6.54. The molecule has 0 aliphatic heterocycles. The van der Waals surface area contributed by atoms with Gasteiger partial charge in [0.05, 0.1) is 5.02 Å². The first kappa shape index (κ1) is 11.7. The van der Waals surface area contributed by atoms with Crippen molar-refractivity contribution in [1.29, 1.82) is 0 Å². The number of hydrogen-bond donors (Lipinski definition) is 1. The summed E-state index contributed by atoms with van der Waals surface area (Å²) >= 11 is 5.63. The van der Waals surface area contributed by atoms with Crippen molar-refractivity contribution >= 4 is 23.2 Å². The average Bonchev–Trinajstić information content (AvgIpc) is 2.83. The van der Waals surface area contributed by atoms with Gasteiger partial charge in [0.2, 0.25) is 5.91 Å². The highest BCUT2D eigenvalue weighted by Gasteiger charge is 2.67. The molecule has 3 fully saturated rings. The topological polar surface area (TPSA) is 29.1 Å². The molecule has 4 atom stereocenters. The van der Waals surface area contributed by atoms with Crippen LogP contribution in [-0.4, -0.2) is 5.91 Å². The van der Waals surface area contributed by atoms with Crippen molar-refractivity contribution in [2.45, 2.75) is 19.3 Å². The average molecular weight is 280 g/mol. The van der Waals surface area contributed by atoms with Crippen LogP contribution in [0.15, 0.2) is 18.2 Å². The summed E-state index contributed by atoms with van der Waals surface area (Å²) in [6, 6.07) is 4.41. The van der Waals surface area contributed by atoms with Gasteiger partial charge in [-0.05, 0) is 61.1 Å². The fraction of sp³-hybridized carbons (Fsp3) is 0.533. The van der Waals surface area contributed by atoms with Crippen molar-refractivity contribution in [3.05, 3.63) is 29.0 Å². The van der Waals surface area contributed by atoms with Crippen molar-refractivity contribution in [2.24, 2.45) is 29.6 Å². The third-order valence-corrected chi connectivity index (χ3v) is 5.53. The van der Waals surface area contributed by atoms with Crippen molar-refractivity contribution in [2.75, 3.05) is 5.32 Å². The fourth-order valence-corrected chi connectivity index (χ4v) is 4.59. The molecule has 1 amide bonds. The highest BCUT2D eigenvalue weighted by Crippen LogP contribution is 2.69. The van der Waals surface area contributed by atoms with Crippen molar-refractivity contribution in [1.82, 2.24) is 0 Å². The van der Waals surface area contributed by atoms with Gasteiger partial charge in [0, 0.05) is 11.6 Å². The lowest BCUT2D eigenvalue weighted by atomic mass is 10.0. The molecule has 4 rings (SSSR count). The van der Waals surface area contributed by atoms with Gasteiger partial charge in [0.25, 0.3) is 0 Å². The zero-order chi connectivity index (χ0) is 13.1. The highest BCUT2D eigenvalue weighted by atomic mass is 35.5. The largest absolute Gasteiger partial charge is 0.326 e. The van der Waals surface area contributed by atoms with E-state index in [1.165, 1.54) is 31.4 Å². The van der Waals surface area contributed by atoms with Crippen LogP contribution in [0, 0.1) is 35.4 Å². The number of amides is 1. The molecule has 0 heterocycles. The van der Waals surface area contributed by atoms with Crippen LogP contribution in [0.4, 0.5) is 10.1 Å². The van der Waals surface area contributed by atoms with Gasteiger partial charge < -0.3 is 5.32 Å². The van der Waals surface area contributed by atoms with Crippen LogP contribution in [0.25, 0.3) is 0 Å². The molecule has 4 heteroatoms. The quantitative estimate of drug-likeness (QED) is 0.878. The Balaban J connectivity index is 1.47. The van der Waals surface area contributed by atoms with Gasteiger partial charge >= 0.3 is 0 Å². The molecule has 0 radical (unpaired) electrons. The first-order valence-corrected chi connectivity index (χ1v) is 7.29. The van der Waals surface area contributed by atoms with E-state index in [1.54, 1.807) is 6.07 Å². The van der Waals surface area contributed by atoms with E-state index in [0.29, 0.717) is 17.5 Å². The van der Waals surface area contributed by atoms with E-state index in [2.05, 4.69) is 5.32 Å². The molecule has 19 heavy (non-hydrogen) atoms. The molecule has 2 nitrogen and oxygen atoms in total. The van der Waals surface area contributed by atoms with E-state index in [0.717, 1.165) is 11.8 Å². The summed E-state index contributed by atoms with van der Waals surface area (Å²) < 4.78 is 13.3. The maximum atomic E-state index is 13.3. The molecule has 3 aliphatic carbocycles. The van der Waals surface area contributed by atoms with Gasteiger partial charge in [-0.3, -0.25) is 4.79 Å². The summed E-state index contributed by atoms with van der Waals surface area (Å²) in [6.07, 6.45) is 3.92.